The molecule has 2 unspecified atom stereocenters. The van der Waals surface area contributed by atoms with E-state index in [1.165, 1.54) is 2.91 Å². The average molecular weight is 282 g/mol. The number of allylic oxidation sites excluding steroid dienone is 1. The molecule has 0 aliphatic carbocycles. The van der Waals surface area contributed by atoms with Gasteiger partial charge in [-0.05, 0) is 46.9 Å². The molecule has 11 heavy (non-hydrogen) atoms. The highest BCUT2D eigenvalue weighted by atomic mass is 127. The highest BCUT2D eigenvalue weighted by Crippen LogP contribution is 2.47. The van der Waals surface area contributed by atoms with Crippen molar-refractivity contribution in [3.63, 3.8) is 0 Å². The molecule has 0 aromatic rings. The Labute approximate surface area is 87.3 Å². The Balaban J connectivity index is 2.70. The summed E-state index contributed by atoms with van der Waals surface area (Å²) in [7, 11) is 0. The fourth-order valence-corrected chi connectivity index (χ4v) is 4.12. The molecule has 0 bridgehead atoms. The van der Waals surface area contributed by atoms with E-state index in [1.807, 2.05) is 0 Å². The Bertz CT molecular complexity index is 184. The van der Waals surface area contributed by atoms with Crippen molar-refractivity contribution in [1.29, 1.82) is 0 Å². The Morgan fingerprint density at radius 1 is 1.45 bits per heavy atom. The lowest BCUT2D eigenvalue weighted by molar-refractivity contribution is 0.513. The van der Waals surface area contributed by atoms with E-state index in [0.29, 0.717) is 0 Å². The van der Waals surface area contributed by atoms with Gasteiger partial charge in [-0.2, -0.15) is 0 Å². The maximum Gasteiger partial charge on any atom is 0.0452 e. The first-order valence-electron chi connectivity index (χ1n) is 4.07. The second-order valence-electron chi connectivity index (χ2n) is 3.57. The maximum absolute atomic E-state index is 2.46. The molecule has 1 heterocycles. The van der Waals surface area contributed by atoms with Gasteiger partial charge < -0.3 is 0 Å². The summed E-state index contributed by atoms with van der Waals surface area (Å²) in [5, 5.41) is 0.821. The predicted octanol–water partition coefficient (Wildman–Crippen LogP) is 4.06. The minimum Gasteiger partial charge on any atom is -0.115 e. The van der Waals surface area contributed by atoms with Crippen LogP contribution >= 0.6 is 34.4 Å². The third-order valence-corrected chi connectivity index (χ3v) is 5.75. The van der Waals surface area contributed by atoms with Crippen molar-refractivity contribution < 1.29 is 0 Å². The first kappa shape index (κ1) is 9.90. The first-order chi connectivity index (χ1) is 5.04. The van der Waals surface area contributed by atoms with E-state index in [1.54, 1.807) is 5.57 Å². The van der Waals surface area contributed by atoms with E-state index in [0.717, 1.165) is 17.1 Å². The monoisotopic (exact) mass is 282 g/mol. The van der Waals surface area contributed by atoms with Gasteiger partial charge >= 0.3 is 0 Å². The molecule has 1 aliphatic heterocycles. The van der Waals surface area contributed by atoms with Crippen LogP contribution in [0, 0.1) is 11.8 Å². The molecule has 1 aliphatic rings. The average Bonchev–Trinajstić information content (AvgIpc) is 2.17. The molecule has 64 valence electrons. The highest BCUT2D eigenvalue weighted by Gasteiger charge is 2.30. The number of thioether (sulfide) groups is 1. The minimum absolute atomic E-state index is 0.784. The van der Waals surface area contributed by atoms with Crippen molar-refractivity contribution in [2.45, 2.75) is 32.9 Å². The molecule has 1 rings (SSSR count). The van der Waals surface area contributed by atoms with E-state index in [9.17, 15) is 0 Å². The van der Waals surface area contributed by atoms with Crippen molar-refractivity contribution >= 4 is 34.4 Å². The molecule has 0 nitrogen and oxygen atoms in total. The fourth-order valence-electron chi connectivity index (χ4n) is 1.45. The Kier molecular flexibility index (Phi) is 3.32. The van der Waals surface area contributed by atoms with Gasteiger partial charge in [0, 0.05) is 8.16 Å². The van der Waals surface area contributed by atoms with Gasteiger partial charge in [0.2, 0.25) is 0 Å². The van der Waals surface area contributed by atoms with Gasteiger partial charge in [0.15, 0.2) is 0 Å². The quantitative estimate of drug-likeness (QED) is 0.653. The predicted molar refractivity (Wildman–Crippen MR) is 62.1 cm³/mol. The molecular formula is C9H15IS. The first-order valence-corrected chi connectivity index (χ1v) is 6.02. The van der Waals surface area contributed by atoms with E-state index >= 15 is 0 Å². The summed E-state index contributed by atoms with van der Waals surface area (Å²) in [6.45, 7) is 9.24. The molecule has 2 heteroatoms. The van der Waals surface area contributed by atoms with Crippen LogP contribution in [0.2, 0.25) is 0 Å². The van der Waals surface area contributed by atoms with Gasteiger partial charge in [-0.1, -0.05) is 20.8 Å². The smallest absolute Gasteiger partial charge is 0.0452 e. The molecule has 0 fully saturated rings. The van der Waals surface area contributed by atoms with Crippen LogP contribution in [-0.4, -0.2) is 5.25 Å². The number of rotatable bonds is 1. The van der Waals surface area contributed by atoms with Crippen LogP contribution in [0.5, 0.6) is 0 Å². The molecule has 0 aromatic heterocycles. The molecule has 0 saturated heterocycles. The molecule has 0 N–H and O–H groups in total. The van der Waals surface area contributed by atoms with Crippen LogP contribution in [0.4, 0.5) is 0 Å². The van der Waals surface area contributed by atoms with Crippen molar-refractivity contribution in [1.82, 2.24) is 0 Å². The summed E-state index contributed by atoms with van der Waals surface area (Å²) >= 11 is 4.52. The molecule has 2 atom stereocenters. The largest absolute Gasteiger partial charge is 0.115 e. The topological polar surface area (TPSA) is 0 Å². The summed E-state index contributed by atoms with van der Waals surface area (Å²) in [5.41, 5.74) is 1.59. The van der Waals surface area contributed by atoms with Gasteiger partial charge in [-0.3, -0.25) is 0 Å². The number of hydrogen-bond acceptors (Lipinski definition) is 1. The lowest BCUT2D eigenvalue weighted by atomic mass is 9.93. The molecule has 0 radical (unpaired) electrons. The zero-order valence-electron chi connectivity index (χ0n) is 7.52. The van der Waals surface area contributed by atoms with Crippen LogP contribution in [-0.2, 0) is 0 Å². The van der Waals surface area contributed by atoms with Crippen molar-refractivity contribution in [3.8, 4) is 0 Å². The minimum atomic E-state index is 0.784. The van der Waals surface area contributed by atoms with E-state index in [2.05, 4.69) is 62.0 Å². The van der Waals surface area contributed by atoms with E-state index < -0.39 is 0 Å². The molecule has 0 amide bonds. The van der Waals surface area contributed by atoms with E-state index in [4.69, 9.17) is 0 Å². The standard InChI is InChI=1S/C9H15IS/c1-5(2)8-6(3)7(4)9(10)11-8/h5-6,8H,1-4H3. The number of hydrogen-bond donors (Lipinski definition) is 0. The normalized spacial score (nSPS) is 32.2. The van der Waals surface area contributed by atoms with E-state index in [-0.39, 0.29) is 0 Å². The number of halogens is 1. The van der Waals surface area contributed by atoms with Crippen LogP contribution in [0.15, 0.2) is 8.48 Å². The third-order valence-electron chi connectivity index (χ3n) is 2.38. The zero-order valence-corrected chi connectivity index (χ0v) is 10.5. The van der Waals surface area contributed by atoms with Crippen molar-refractivity contribution in [2.24, 2.45) is 11.8 Å². The Hall–Kier alpha value is 0.820. The summed E-state index contributed by atoms with van der Waals surface area (Å²) in [4.78, 5) is 0. The fraction of sp³-hybridized carbons (Fsp3) is 0.778. The summed E-state index contributed by atoms with van der Waals surface area (Å²) in [5.74, 6) is 1.59. The Morgan fingerprint density at radius 2 is 2.00 bits per heavy atom. The lowest BCUT2D eigenvalue weighted by Crippen LogP contribution is -2.16. The van der Waals surface area contributed by atoms with Crippen molar-refractivity contribution in [3.05, 3.63) is 8.48 Å². The maximum atomic E-state index is 2.46. The van der Waals surface area contributed by atoms with Gasteiger partial charge in [-0.15, -0.1) is 11.8 Å². The van der Waals surface area contributed by atoms with Crippen molar-refractivity contribution in [2.75, 3.05) is 0 Å². The molecule has 0 saturated carbocycles. The third kappa shape index (κ3) is 1.94. The van der Waals surface area contributed by atoms with Crippen LogP contribution in [0.1, 0.15) is 27.7 Å². The highest BCUT2D eigenvalue weighted by molar-refractivity contribution is 14.1. The van der Waals surface area contributed by atoms with Gasteiger partial charge in [0.25, 0.3) is 0 Å². The molecule has 0 aromatic carbocycles. The molecular weight excluding hydrogens is 267 g/mol. The lowest BCUT2D eigenvalue weighted by Gasteiger charge is -2.19. The van der Waals surface area contributed by atoms with Crippen LogP contribution < -0.4 is 0 Å². The summed E-state index contributed by atoms with van der Waals surface area (Å²) in [6, 6.07) is 0. The van der Waals surface area contributed by atoms with Gasteiger partial charge in [0.1, 0.15) is 0 Å². The zero-order chi connectivity index (χ0) is 8.59. The molecule has 0 spiro atoms. The van der Waals surface area contributed by atoms with Gasteiger partial charge in [-0.25, -0.2) is 0 Å². The second-order valence-corrected chi connectivity index (χ2v) is 6.57. The van der Waals surface area contributed by atoms with Crippen LogP contribution in [0.25, 0.3) is 0 Å². The second kappa shape index (κ2) is 3.69. The summed E-state index contributed by atoms with van der Waals surface area (Å²) in [6.07, 6.45) is 0. The Morgan fingerprint density at radius 3 is 2.18 bits per heavy atom. The SMILES string of the molecule is CC1=C(I)SC(C(C)C)C1C. The summed E-state index contributed by atoms with van der Waals surface area (Å²) < 4.78 is 1.52. The van der Waals surface area contributed by atoms with Crippen LogP contribution in [0.3, 0.4) is 0 Å². The van der Waals surface area contributed by atoms with Gasteiger partial charge in [0.05, 0.1) is 0 Å².